The van der Waals surface area contributed by atoms with Gasteiger partial charge < -0.3 is 0 Å². The molecular weight excluding hydrogens is 291 g/mol. The molecule has 20 heavy (non-hydrogen) atoms. The number of nitrogens with one attached hydrogen (secondary N) is 1. The van der Waals surface area contributed by atoms with Crippen molar-refractivity contribution in [3.05, 3.63) is 68.7 Å². The van der Waals surface area contributed by atoms with Gasteiger partial charge in [-0.25, -0.2) is 0 Å². The Morgan fingerprint density at radius 3 is 2.20 bits per heavy atom. The van der Waals surface area contributed by atoms with Gasteiger partial charge in [0.05, 0.1) is 16.1 Å². The van der Waals surface area contributed by atoms with Crippen LogP contribution in [-0.2, 0) is 6.42 Å². The maximum Gasteiger partial charge on any atom is 0.0595 e. The molecule has 1 unspecified atom stereocenters. The van der Waals surface area contributed by atoms with Gasteiger partial charge in [-0.05, 0) is 43.5 Å². The van der Waals surface area contributed by atoms with Gasteiger partial charge in [0.1, 0.15) is 0 Å². The third-order valence-electron chi connectivity index (χ3n) is 3.27. The minimum atomic E-state index is 0.00552. The summed E-state index contributed by atoms with van der Waals surface area (Å²) in [5.74, 6) is 5.69. The highest BCUT2D eigenvalue weighted by atomic mass is 35.5. The lowest BCUT2D eigenvalue weighted by Crippen LogP contribution is -2.29. The third-order valence-corrected chi connectivity index (χ3v) is 4.01. The average Bonchev–Trinajstić information content (AvgIpc) is 2.38. The minimum absolute atomic E-state index is 0.00552. The number of hydrogen-bond acceptors (Lipinski definition) is 2. The molecule has 0 amide bonds. The molecule has 0 aliphatic carbocycles. The quantitative estimate of drug-likeness (QED) is 0.650. The van der Waals surface area contributed by atoms with Crippen molar-refractivity contribution >= 4 is 23.2 Å². The first kappa shape index (κ1) is 15.3. The monoisotopic (exact) mass is 308 g/mol. The van der Waals surface area contributed by atoms with Crippen molar-refractivity contribution in [1.29, 1.82) is 0 Å². The van der Waals surface area contributed by atoms with E-state index in [4.69, 9.17) is 29.0 Å². The summed E-state index contributed by atoms with van der Waals surface area (Å²) in [6.07, 6.45) is 0.803. The van der Waals surface area contributed by atoms with E-state index in [0.717, 1.165) is 12.0 Å². The Labute approximate surface area is 129 Å². The fourth-order valence-corrected chi connectivity index (χ4v) is 2.73. The summed E-state index contributed by atoms with van der Waals surface area (Å²) < 4.78 is 0. The average molecular weight is 309 g/mol. The first-order valence-electron chi connectivity index (χ1n) is 6.48. The topological polar surface area (TPSA) is 38.0 Å². The summed E-state index contributed by atoms with van der Waals surface area (Å²) in [7, 11) is 0. The SMILES string of the molecule is Cc1cc(C)cc(CC(NN)c2ccc(Cl)c(Cl)c2)c1. The normalized spacial score (nSPS) is 12.4. The fourth-order valence-electron chi connectivity index (χ4n) is 2.42. The predicted molar refractivity (Wildman–Crippen MR) is 86.1 cm³/mol. The zero-order chi connectivity index (χ0) is 14.7. The van der Waals surface area contributed by atoms with Crippen LogP contribution in [0.2, 0.25) is 10.0 Å². The van der Waals surface area contributed by atoms with Crippen LogP contribution >= 0.6 is 23.2 Å². The zero-order valence-electron chi connectivity index (χ0n) is 11.6. The Bertz CT molecular complexity index is 591. The lowest BCUT2D eigenvalue weighted by atomic mass is 9.97. The number of halogens is 2. The predicted octanol–water partition coefficient (Wildman–Crippen LogP) is 4.36. The van der Waals surface area contributed by atoms with Crippen LogP contribution in [0.3, 0.4) is 0 Å². The van der Waals surface area contributed by atoms with E-state index >= 15 is 0 Å². The van der Waals surface area contributed by atoms with Crippen LogP contribution < -0.4 is 11.3 Å². The maximum atomic E-state index is 6.07. The molecule has 0 spiro atoms. The fraction of sp³-hybridized carbons (Fsp3) is 0.250. The highest BCUT2D eigenvalue weighted by Crippen LogP contribution is 2.27. The highest BCUT2D eigenvalue weighted by molar-refractivity contribution is 6.42. The van der Waals surface area contributed by atoms with E-state index < -0.39 is 0 Å². The van der Waals surface area contributed by atoms with E-state index in [9.17, 15) is 0 Å². The number of rotatable bonds is 4. The van der Waals surface area contributed by atoms with E-state index in [1.807, 2.05) is 12.1 Å². The van der Waals surface area contributed by atoms with Gasteiger partial charge in [-0.15, -0.1) is 0 Å². The Kier molecular flexibility index (Phi) is 5.06. The second kappa shape index (κ2) is 6.59. The molecule has 0 aliphatic heterocycles. The van der Waals surface area contributed by atoms with Crippen molar-refractivity contribution < 1.29 is 0 Å². The molecule has 2 aromatic rings. The van der Waals surface area contributed by atoms with Gasteiger partial charge in [0, 0.05) is 0 Å². The van der Waals surface area contributed by atoms with Gasteiger partial charge in [-0.3, -0.25) is 11.3 Å². The molecule has 2 nitrogen and oxygen atoms in total. The van der Waals surface area contributed by atoms with Gasteiger partial charge >= 0.3 is 0 Å². The van der Waals surface area contributed by atoms with Gasteiger partial charge in [0.2, 0.25) is 0 Å². The lowest BCUT2D eigenvalue weighted by Gasteiger charge is -2.18. The van der Waals surface area contributed by atoms with E-state index in [-0.39, 0.29) is 6.04 Å². The van der Waals surface area contributed by atoms with Crippen LogP contribution in [0.15, 0.2) is 36.4 Å². The Hall–Kier alpha value is -1.06. The summed E-state index contributed by atoms with van der Waals surface area (Å²) in [4.78, 5) is 0. The van der Waals surface area contributed by atoms with Crippen molar-refractivity contribution in [1.82, 2.24) is 5.43 Å². The Morgan fingerprint density at radius 1 is 1.00 bits per heavy atom. The lowest BCUT2D eigenvalue weighted by molar-refractivity contribution is 0.552. The van der Waals surface area contributed by atoms with Crippen molar-refractivity contribution in [3.63, 3.8) is 0 Å². The number of hydrazine groups is 1. The van der Waals surface area contributed by atoms with Gasteiger partial charge in [-0.1, -0.05) is 58.6 Å². The first-order valence-corrected chi connectivity index (χ1v) is 7.23. The molecule has 4 heteroatoms. The first-order chi connectivity index (χ1) is 9.49. The highest BCUT2D eigenvalue weighted by Gasteiger charge is 2.12. The number of nitrogens with two attached hydrogens (primary N) is 1. The van der Waals surface area contributed by atoms with E-state index in [1.165, 1.54) is 16.7 Å². The molecule has 0 aromatic heterocycles. The van der Waals surface area contributed by atoms with Gasteiger partial charge in [0.15, 0.2) is 0 Å². The molecule has 1 atom stereocenters. The van der Waals surface area contributed by atoms with E-state index in [2.05, 4.69) is 37.5 Å². The zero-order valence-corrected chi connectivity index (χ0v) is 13.1. The van der Waals surface area contributed by atoms with E-state index in [0.29, 0.717) is 10.0 Å². The van der Waals surface area contributed by atoms with Crippen LogP contribution in [0.1, 0.15) is 28.3 Å². The van der Waals surface area contributed by atoms with Gasteiger partial charge in [-0.2, -0.15) is 0 Å². The molecule has 2 aromatic carbocycles. The molecule has 0 saturated heterocycles. The summed E-state index contributed by atoms with van der Waals surface area (Å²) >= 11 is 12.0. The Balaban J connectivity index is 2.26. The molecular formula is C16H18Cl2N2. The molecule has 0 aliphatic rings. The molecule has 0 saturated carbocycles. The summed E-state index contributed by atoms with van der Waals surface area (Å²) in [6, 6.07) is 12.1. The molecule has 3 N–H and O–H groups in total. The number of benzene rings is 2. The second-order valence-electron chi connectivity index (χ2n) is 5.09. The summed E-state index contributed by atoms with van der Waals surface area (Å²) in [5.41, 5.74) is 7.64. The number of aryl methyl sites for hydroxylation is 2. The van der Waals surface area contributed by atoms with Crippen molar-refractivity contribution in [2.45, 2.75) is 26.3 Å². The van der Waals surface area contributed by atoms with Crippen molar-refractivity contribution in [2.75, 3.05) is 0 Å². The smallest absolute Gasteiger partial charge is 0.0595 e. The maximum absolute atomic E-state index is 6.07. The minimum Gasteiger partial charge on any atom is -0.271 e. The summed E-state index contributed by atoms with van der Waals surface area (Å²) in [5, 5.41) is 1.10. The Morgan fingerprint density at radius 2 is 1.65 bits per heavy atom. The van der Waals surface area contributed by atoms with Crippen LogP contribution in [-0.4, -0.2) is 0 Å². The molecule has 2 rings (SSSR count). The third kappa shape index (κ3) is 3.74. The van der Waals surface area contributed by atoms with E-state index in [1.54, 1.807) is 6.07 Å². The number of hydrogen-bond donors (Lipinski definition) is 2. The molecule has 0 bridgehead atoms. The van der Waals surface area contributed by atoms with Crippen LogP contribution in [0.4, 0.5) is 0 Å². The van der Waals surface area contributed by atoms with Crippen LogP contribution in [0, 0.1) is 13.8 Å². The van der Waals surface area contributed by atoms with Crippen LogP contribution in [0.25, 0.3) is 0 Å². The molecule has 0 fully saturated rings. The van der Waals surface area contributed by atoms with Crippen LogP contribution in [0.5, 0.6) is 0 Å². The second-order valence-corrected chi connectivity index (χ2v) is 5.91. The van der Waals surface area contributed by atoms with Crippen molar-refractivity contribution in [2.24, 2.45) is 5.84 Å². The molecule has 0 radical (unpaired) electrons. The summed E-state index contributed by atoms with van der Waals surface area (Å²) in [6.45, 7) is 4.20. The van der Waals surface area contributed by atoms with Crippen molar-refractivity contribution in [3.8, 4) is 0 Å². The molecule has 106 valence electrons. The molecule has 0 heterocycles. The standard InChI is InChI=1S/C16H18Cl2N2/c1-10-5-11(2)7-12(6-10)8-16(20-19)13-3-4-14(17)15(18)9-13/h3-7,9,16,20H,8,19H2,1-2H3. The van der Waals surface area contributed by atoms with Gasteiger partial charge in [0.25, 0.3) is 0 Å². The largest absolute Gasteiger partial charge is 0.271 e.